The lowest BCUT2D eigenvalue weighted by molar-refractivity contribution is -0.119. The van der Waals surface area contributed by atoms with Crippen LogP contribution in [-0.4, -0.2) is 22.8 Å². The molecule has 1 heterocycles. The fourth-order valence-electron chi connectivity index (χ4n) is 4.93. The Morgan fingerprint density at radius 1 is 1.17 bits per heavy atom. The van der Waals surface area contributed by atoms with Gasteiger partial charge in [-0.1, -0.05) is 42.5 Å². The Bertz CT molecular complexity index is 1270. The predicted octanol–water partition coefficient (Wildman–Crippen LogP) is 4.83. The molecule has 5 nitrogen and oxygen atoms in total. The summed E-state index contributed by atoms with van der Waals surface area (Å²) in [5.74, 6) is -1.24. The number of benzene rings is 2. The SMILES string of the molecule is CC1=C(C(=O)N[C@@H]2c3ccccc3C[C@@H]2O)CCC2C=CC=C(OCc3c(F)cccc3F)C2=N1. The molecule has 0 bridgehead atoms. The molecule has 3 atom stereocenters. The van der Waals surface area contributed by atoms with Gasteiger partial charge in [0.05, 0.1) is 23.4 Å². The van der Waals surface area contributed by atoms with Gasteiger partial charge in [-0.2, -0.15) is 0 Å². The Balaban J connectivity index is 1.35. The van der Waals surface area contributed by atoms with Gasteiger partial charge in [0, 0.05) is 23.6 Å². The van der Waals surface area contributed by atoms with Gasteiger partial charge in [-0.15, -0.1) is 0 Å². The summed E-state index contributed by atoms with van der Waals surface area (Å²) in [6.45, 7) is 1.51. The highest BCUT2D eigenvalue weighted by molar-refractivity contribution is 6.04. The zero-order valence-electron chi connectivity index (χ0n) is 19.3. The lowest BCUT2D eigenvalue weighted by atomic mass is 9.91. The molecule has 0 spiro atoms. The van der Waals surface area contributed by atoms with Crippen LogP contribution in [0.1, 0.15) is 42.5 Å². The number of aliphatic hydroxyl groups excluding tert-OH is 1. The second-order valence-electron chi connectivity index (χ2n) is 9.03. The van der Waals surface area contributed by atoms with E-state index in [0.29, 0.717) is 42.0 Å². The number of ether oxygens (including phenoxy) is 1. The fourth-order valence-corrected chi connectivity index (χ4v) is 4.93. The first kappa shape index (κ1) is 23.2. The van der Waals surface area contributed by atoms with E-state index in [9.17, 15) is 18.7 Å². The van der Waals surface area contributed by atoms with Gasteiger partial charge in [0.25, 0.3) is 0 Å². The van der Waals surface area contributed by atoms with Crippen LogP contribution in [0.4, 0.5) is 8.78 Å². The third-order valence-corrected chi connectivity index (χ3v) is 6.82. The van der Waals surface area contributed by atoms with E-state index in [2.05, 4.69) is 5.32 Å². The number of halogens is 2. The first-order valence-corrected chi connectivity index (χ1v) is 11.7. The van der Waals surface area contributed by atoms with Crippen molar-refractivity contribution in [3.8, 4) is 0 Å². The molecule has 3 aliphatic rings. The summed E-state index contributed by atoms with van der Waals surface area (Å²) >= 11 is 0. The lowest BCUT2D eigenvalue weighted by Crippen LogP contribution is -2.35. The predicted molar refractivity (Wildman–Crippen MR) is 128 cm³/mol. The molecule has 5 rings (SSSR count). The van der Waals surface area contributed by atoms with Gasteiger partial charge >= 0.3 is 0 Å². The minimum absolute atomic E-state index is 0.0847. The molecule has 0 saturated carbocycles. The van der Waals surface area contributed by atoms with Crippen molar-refractivity contribution < 1.29 is 23.4 Å². The van der Waals surface area contributed by atoms with Crippen LogP contribution in [0.2, 0.25) is 0 Å². The summed E-state index contributed by atoms with van der Waals surface area (Å²) in [4.78, 5) is 18.0. The molecule has 2 N–H and O–H groups in total. The highest BCUT2D eigenvalue weighted by atomic mass is 19.1. The number of hydrogen-bond donors (Lipinski definition) is 2. The highest BCUT2D eigenvalue weighted by Crippen LogP contribution is 2.34. The molecule has 7 heteroatoms. The Hall–Kier alpha value is -3.58. The van der Waals surface area contributed by atoms with Crippen molar-refractivity contribution in [1.29, 1.82) is 0 Å². The monoisotopic (exact) mass is 476 g/mol. The first-order valence-electron chi connectivity index (χ1n) is 11.7. The van der Waals surface area contributed by atoms with Crippen molar-refractivity contribution in [1.82, 2.24) is 5.32 Å². The van der Waals surface area contributed by atoms with Crippen LogP contribution in [0, 0.1) is 17.6 Å². The summed E-state index contributed by atoms with van der Waals surface area (Å²) in [6.07, 6.45) is 6.50. The Kier molecular flexibility index (Phi) is 6.34. The summed E-state index contributed by atoms with van der Waals surface area (Å²) in [7, 11) is 0. The molecular weight excluding hydrogens is 450 g/mol. The summed E-state index contributed by atoms with van der Waals surface area (Å²) < 4.78 is 33.9. The molecule has 2 aliphatic carbocycles. The average molecular weight is 477 g/mol. The van der Waals surface area contributed by atoms with Crippen molar-refractivity contribution in [2.45, 2.75) is 44.9 Å². The Labute approximate surface area is 202 Å². The van der Waals surface area contributed by atoms with Crippen molar-refractivity contribution in [2.24, 2.45) is 10.9 Å². The van der Waals surface area contributed by atoms with E-state index in [1.54, 1.807) is 13.0 Å². The maximum Gasteiger partial charge on any atom is 0.249 e. The van der Waals surface area contributed by atoms with E-state index in [1.165, 1.54) is 18.2 Å². The summed E-state index contributed by atoms with van der Waals surface area (Å²) in [6, 6.07) is 10.9. The van der Waals surface area contributed by atoms with Crippen molar-refractivity contribution >= 4 is 11.6 Å². The van der Waals surface area contributed by atoms with Gasteiger partial charge in [0.1, 0.15) is 24.0 Å². The maximum absolute atomic E-state index is 14.0. The van der Waals surface area contributed by atoms with E-state index >= 15 is 0 Å². The molecule has 0 fully saturated rings. The molecule has 0 aromatic heterocycles. The molecular formula is C28H26F2N2O3. The molecule has 0 radical (unpaired) electrons. The van der Waals surface area contributed by atoms with E-state index in [4.69, 9.17) is 9.73 Å². The van der Waals surface area contributed by atoms with Crippen LogP contribution >= 0.6 is 0 Å². The van der Waals surface area contributed by atoms with E-state index < -0.39 is 23.8 Å². The standard InChI is InChI=1S/C28H26F2N2O3/c1-16-19(28(34)32-27-20-8-3-2-6-18(20)14-24(27)33)13-12-17-7-4-11-25(26(17)31-16)35-15-21-22(29)9-5-10-23(21)30/h2-11,17,24,27,33H,12-15H2,1H3,(H,32,34)/t17?,24-,27+/m0/s1. The van der Waals surface area contributed by atoms with Crippen LogP contribution in [-0.2, 0) is 22.6 Å². The number of rotatable bonds is 5. The number of amides is 1. The molecule has 1 amide bonds. The molecule has 2 aromatic rings. The smallest absolute Gasteiger partial charge is 0.249 e. The third-order valence-electron chi connectivity index (χ3n) is 6.82. The number of nitrogens with one attached hydrogen (secondary N) is 1. The number of allylic oxidation sites excluding steroid dienone is 5. The van der Waals surface area contributed by atoms with Gasteiger partial charge in [0.2, 0.25) is 5.91 Å². The number of nitrogens with zero attached hydrogens (tertiary/aromatic N) is 1. The van der Waals surface area contributed by atoms with E-state index in [1.807, 2.05) is 36.4 Å². The first-order chi connectivity index (χ1) is 16.9. The van der Waals surface area contributed by atoms with E-state index in [-0.39, 0.29) is 24.0 Å². The Morgan fingerprint density at radius 2 is 1.94 bits per heavy atom. The van der Waals surface area contributed by atoms with Crippen LogP contribution in [0.15, 0.2) is 82.7 Å². The van der Waals surface area contributed by atoms with E-state index in [0.717, 1.165) is 11.1 Å². The minimum atomic E-state index is -0.679. The largest absolute Gasteiger partial charge is 0.487 e. The summed E-state index contributed by atoms with van der Waals surface area (Å²) in [5.41, 5.74) is 3.57. The second-order valence-corrected chi connectivity index (χ2v) is 9.03. The molecule has 1 unspecified atom stereocenters. The van der Waals surface area contributed by atoms with Gasteiger partial charge in [-0.05, 0) is 49.1 Å². The molecule has 2 aromatic carbocycles. The normalized spacial score (nSPS) is 23.1. The molecule has 0 saturated heterocycles. The van der Waals surface area contributed by atoms with Gasteiger partial charge < -0.3 is 15.2 Å². The highest BCUT2D eigenvalue weighted by Gasteiger charge is 2.34. The quantitative estimate of drug-likeness (QED) is 0.649. The molecule has 1 aliphatic heterocycles. The van der Waals surface area contributed by atoms with Crippen molar-refractivity contribution in [2.75, 3.05) is 0 Å². The van der Waals surface area contributed by atoms with Crippen LogP contribution in [0.5, 0.6) is 0 Å². The summed E-state index contributed by atoms with van der Waals surface area (Å²) in [5, 5.41) is 13.5. The number of fused-ring (bicyclic) bond motifs is 2. The van der Waals surface area contributed by atoms with Gasteiger partial charge in [-0.3, -0.25) is 9.79 Å². The number of carbonyl (C=O) groups is 1. The fraction of sp³-hybridized carbons (Fsp3) is 0.286. The number of aliphatic hydroxyl groups is 1. The lowest BCUT2D eigenvalue weighted by Gasteiger charge is -2.21. The van der Waals surface area contributed by atoms with Crippen LogP contribution in [0.25, 0.3) is 0 Å². The Morgan fingerprint density at radius 3 is 2.74 bits per heavy atom. The zero-order valence-corrected chi connectivity index (χ0v) is 19.3. The van der Waals surface area contributed by atoms with Gasteiger partial charge in [-0.25, -0.2) is 8.78 Å². The molecule has 180 valence electrons. The minimum Gasteiger partial charge on any atom is -0.487 e. The molecule has 35 heavy (non-hydrogen) atoms. The van der Waals surface area contributed by atoms with Crippen LogP contribution in [0.3, 0.4) is 0 Å². The third kappa shape index (κ3) is 4.56. The second kappa shape index (κ2) is 9.58. The number of aliphatic imine (C=N–C) groups is 1. The van der Waals surface area contributed by atoms with Crippen molar-refractivity contribution in [3.63, 3.8) is 0 Å². The maximum atomic E-state index is 14.0. The van der Waals surface area contributed by atoms with Gasteiger partial charge in [0.15, 0.2) is 0 Å². The topological polar surface area (TPSA) is 70.9 Å². The van der Waals surface area contributed by atoms with Crippen molar-refractivity contribution in [3.05, 3.63) is 106 Å². The number of hydrogen-bond acceptors (Lipinski definition) is 4. The zero-order chi connectivity index (χ0) is 24.5. The van der Waals surface area contributed by atoms with Crippen LogP contribution < -0.4 is 5.32 Å². The average Bonchev–Trinajstić information content (AvgIpc) is 3.03. The number of carbonyl (C=O) groups excluding carboxylic acids is 1.